The summed E-state index contributed by atoms with van der Waals surface area (Å²) in [5.74, 6) is 0. The Hall–Kier alpha value is -1.78. The van der Waals surface area contributed by atoms with Gasteiger partial charge in [-0.3, -0.25) is 9.97 Å². The van der Waals surface area contributed by atoms with Crippen molar-refractivity contribution in [1.29, 1.82) is 0 Å². The van der Waals surface area contributed by atoms with E-state index < -0.39 is 0 Å². The molecule has 20 heavy (non-hydrogen) atoms. The predicted octanol–water partition coefficient (Wildman–Crippen LogP) is 2.04. The van der Waals surface area contributed by atoms with Crippen LogP contribution in [0.15, 0.2) is 42.7 Å². The highest BCUT2D eigenvalue weighted by Gasteiger charge is 2.16. The molecule has 0 aliphatic heterocycles. The maximum absolute atomic E-state index is 9.55. The fourth-order valence-corrected chi connectivity index (χ4v) is 2.35. The van der Waals surface area contributed by atoms with Gasteiger partial charge in [0, 0.05) is 24.5 Å². The Morgan fingerprint density at radius 1 is 1.15 bits per heavy atom. The second-order valence-corrected chi connectivity index (χ2v) is 4.98. The zero-order valence-electron chi connectivity index (χ0n) is 12.0. The molecule has 0 aliphatic rings. The van der Waals surface area contributed by atoms with Crippen LogP contribution >= 0.6 is 0 Å². The van der Waals surface area contributed by atoms with Crippen molar-refractivity contribution >= 4 is 0 Å². The zero-order valence-corrected chi connectivity index (χ0v) is 12.0. The van der Waals surface area contributed by atoms with E-state index in [0.717, 1.165) is 17.8 Å². The van der Waals surface area contributed by atoms with Gasteiger partial charge >= 0.3 is 0 Å². The Morgan fingerprint density at radius 3 is 2.50 bits per heavy atom. The highest BCUT2D eigenvalue weighted by atomic mass is 16.3. The van der Waals surface area contributed by atoms with Crippen molar-refractivity contribution in [2.45, 2.75) is 32.4 Å². The number of aliphatic hydroxyl groups excluding tert-OH is 1. The van der Waals surface area contributed by atoms with Crippen LogP contribution in [-0.2, 0) is 6.42 Å². The summed E-state index contributed by atoms with van der Waals surface area (Å²) < 4.78 is 0. The Labute approximate surface area is 119 Å². The monoisotopic (exact) mass is 271 g/mol. The van der Waals surface area contributed by atoms with Crippen LogP contribution in [0.5, 0.6) is 0 Å². The summed E-state index contributed by atoms with van der Waals surface area (Å²) in [6, 6.07) is 10.2. The molecule has 2 N–H and O–H groups in total. The largest absolute Gasteiger partial charge is 0.395 e. The van der Waals surface area contributed by atoms with Crippen LogP contribution in [0.4, 0.5) is 0 Å². The number of benzene rings is 1. The zero-order chi connectivity index (χ0) is 14.4. The first kappa shape index (κ1) is 14.6. The van der Waals surface area contributed by atoms with Crippen molar-refractivity contribution in [3.63, 3.8) is 0 Å². The van der Waals surface area contributed by atoms with Gasteiger partial charge in [-0.15, -0.1) is 0 Å². The quantitative estimate of drug-likeness (QED) is 0.844. The molecule has 1 heterocycles. The maximum Gasteiger partial charge on any atom is 0.0782 e. The number of aryl methyl sites for hydroxylation is 1. The highest BCUT2D eigenvalue weighted by molar-refractivity contribution is 5.17. The number of aliphatic hydroxyl groups is 1. The van der Waals surface area contributed by atoms with E-state index in [-0.39, 0.29) is 18.7 Å². The van der Waals surface area contributed by atoms with E-state index in [4.69, 9.17) is 0 Å². The average molecular weight is 271 g/mol. The van der Waals surface area contributed by atoms with Gasteiger partial charge in [-0.25, -0.2) is 0 Å². The van der Waals surface area contributed by atoms with Crippen LogP contribution < -0.4 is 5.32 Å². The third-order valence-corrected chi connectivity index (χ3v) is 3.36. The lowest BCUT2D eigenvalue weighted by molar-refractivity contribution is 0.232. The molecule has 0 fully saturated rings. The number of nitrogens with zero attached hydrogens (tertiary/aromatic N) is 2. The van der Waals surface area contributed by atoms with Gasteiger partial charge in [-0.2, -0.15) is 0 Å². The van der Waals surface area contributed by atoms with Gasteiger partial charge in [-0.1, -0.05) is 30.3 Å². The molecule has 4 heteroatoms. The predicted molar refractivity (Wildman–Crippen MR) is 79.3 cm³/mol. The van der Waals surface area contributed by atoms with E-state index in [1.165, 1.54) is 5.56 Å². The third-order valence-electron chi connectivity index (χ3n) is 3.36. The van der Waals surface area contributed by atoms with Crippen LogP contribution in [0, 0.1) is 6.92 Å². The van der Waals surface area contributed by atoms with Crippen molar-refractivity contribution < 1.29 is 5.11 Å². The summed E-state index contributed by atoms with van der Waals surface area (Å²) >= 11 is 0. The van der Waals surface area contributed by atoms with Gasteiger partial charge in [0.15, 0.2) is 0 Å². The van der Waals surface area contributed by atoms with E-state index >= 15 is 0 Å². The lowest BCUT2D eigenvalue weighted by atomic mass is 10.0. The maximum atomic E-state index is 9.55. The minimum absolute atomic E-state index is 0.00815. The second-order valence-electron chi connectivity index (χ2n) is 4.98. The Kier molecular flexibility index (Phi) is 5.21. The van der Waals surface area contributed by atoms with E-state index in [1.54, 1.807) is 12.4 Å². The summed E-state index contributed by atoms with van der Waals surface area (Å²) in [6.07, 6.45) is 4.19. The van der Waals surface area contributed by atoms with Gasteiger partial charge < -0.3 is 10.4 Å². The Balaban J connectivity index is 2.01. The fraction of sp³-hybridized carbons (Fsp3) is 0.375. The van der Waals surface area contributed by atoms with Crippen molar-refractivity contribution in [3.05, 3.63) is 59.7 Å². The van der Waals surface area contributed by atoms with E-state index in [2.05, 4.69) is 27.4 Å². The van der Waals surface area contributed by atoms with Gasteiger partial charge in [0.1, 0.15) is 0 Å². The molecule has 1 aromatic heterocycles. The molecular weight excluding hydrogens is 250 g/mol. The summed E-state index contributed by atoms with van der Waals surface area (Å²) in [5.41, 5.74) is 3.06. The van der Waals surface area contributed by atoms with Crippen LogP contribution in [0.2, 0.25) is 0 Å². The van der Waals surface area contributed by atoms with Crippen LogP contribution in [0.3, 0.4) is 0 Å². The average Bonchev–Trinajstić information content (AvgIpc) is 2.48. The number of rotatable bonds is 6. The molecule has 2 atom stereocenters. The molecule has 0 bridgehead atoms. The van der Waals surface area contributed by atoms with E-state index in [1.807, 2.05) is 32.0 Å². The molecule has 2 rings (SSSR count). The molecule has 4 nitrogen and oxygen atoms in total. The molecule has 0 aliphatic carbocycles. The second kappa shape index (κ2) is 7.12. The Bertz CT molecular complexity index is 530. The van der Waals surface area contributed by atoms with Crippen molar-refractivity contribution in [1.82, 2.24) is 15.3 Å². The third kappa shape index (κ3) is 3.85. The van der Waals surface area contributed by atoms with Gasteiger partial charge in [0.2, 0.25) is 0 Å². The molecule has 1 aromatic carbocycles. The first-order chi connectivity index (χ1) is 9.70. The minimum Gasteiger partial charge on any atom is -0.395 e. The molecular formula is C16H21N3O. The van der Waals surface area contributed by atoms with Crippen LogP contribution in [0.1, 0.15) is 29.9 Å². The standard InChI is InChI=1S/C16H21N3O/c1-12-16(18-9-8-17-12)13(2)19-15(11-20)10-14-6-4-3-5-7-14/h3-9,13,15,19-20H,10-11H2,1-2H3. The molecule has 0 spiro atoms. The number of aromatic nitrogens is 2. The summed E-state index contributed by atoms with van der Waals surface area (Å²) in [6.45, 7) is 4.09. The summed E-state index contributed by atoms with van der Waals surface area (Å²) in [5, 5.41) is 13.0. The van der Waals surface area contributed by atoms with Crippen molar-refractivity contribution in [3.8, 4) is 0 Å². The first-order valence-electron chi connectivity index (χ1n) is 6.89. The number of hydrogen-bond donors (Lipinski definition) is 2. The normalized spacial score (nSPS) is 13.9. The number of nitrogens with one attached hydrogen (secondary N) is 1. The lowest BCUT2D eigenvalue weighted by Crippen LogP contribution is -2.37. The van der Waals surface area contributed by atoms with Crippen molar-refractivity contribution in [2.75, 3.05) is 6.61 Å². The molecule has 2 unspecified atom stereocenters. The molecule has 0 amide bonds. The molecule has 0 saturated carbocycles. The van der Waals surface area contributed by atoms with E-state index in [0.29, 0.717) is 0 Å². The molecule has 106 valence electrons. The van der Waals surface area contributed by atoms with Crippen LogP contribution in [-0.4, -0.2) is 27.7 Å². The first-order valence-corrected chi connectivity index (χ1v) is 6.89. The topological polar surface area (TPSA) is 58.0 Å². The van der Waals surface area contributed by atoms with Gasteiger partial charge in [0.25, 0.3) is 0 Å². The SMILES string of the molecule is Cc1nccnc1C(C)NC(CO)Cc1ccccc1. The highest BCUT2D eigenvalue weighted by Crippen LogP contribution is 2.14. The summed E-state index contributed by atoms with van der Waals surface area (Å²) in [7, 11) is 0. The Morgan fingerprint density at radius 2 is 1.85 bits per heavy atom. The lowest BCUT2D eigenvalue weighted by Gasteiger charge is -2.22. The van der Waals surface area contributed by atoms with Crippen LogP contribution in [0.25, 0.3) is 0 Å². The molecule has 0 radical (unpaired) electrons. The minimum atomic E-state index is 0.00815. The van der Waals surface area contributed by atoms with E-state index in [9.17, 15) is 5.11 Å². The van der Waals surface area contributed by atoms with Gasteiger partial charge in [-0.05, 0) is 25.8 Å². The van der Waals surface area contributed by atoms with Crippen molar-refractivity contribution in [2.24, 2.45) is 0 Å². The summed E-state index contributed by atoms with van der Waals surface area (Å²) in [4.78, 5) is 8.62. The molecule has 0 saturated heterocycles. The number of hydrogen-bond acceptors (Lipinski definition) is 4. The van der Waals surface area contributed by atoms with Gasteiger partial charge in [0.05, 0.1) is 18.0 Å². The fourth-order valence-electron chi connectivity index (χ4n) is 2.35. The smallest absolute Gasteiger partial charge is 0.0782 e. The molecule has 2 aromatic rings.